The molecule has 1 amide bonds. The molecule has 10 heteroatoms. The zero-order valence-electron chi connectivity index (χ0n) is 19.0. The topological polar surface area (TPSA) is 96.0 Å². The van der Waals surface area contributed by atoms with Crippen molar-refractivity contribution in [2.75, 3.05) is 44.6 Å². The first-order valence-corrected chi connectivity index (χ1v) is 13.0. The molecule has 0 radical (unpaired) electrons. The number of benzene rings is 1. The second-order valence-corrected chi connectivity index (χ2v) is 11.1. The number of esters is 1. The summed E-state index contributed by atoms with van der Waals surface area (Å²) >= 11 is 1.48. The minimum Gasteiger partial charge on any atom is -0.463 e. The van der Waals surface area contributed by atoms with Crippen LogP contribution in [-0.4, -0.2) is 68.8 Å². The molecule has 0 spiro atoms. The van der Waals surface area contributed by atoms with E-state index in [0.717, 1.165) is 15.3 Å². The highest BCUT2D eigenvalue weighted by Gasteiger charge is 2.31. The van der Waals surface area contributed by atoms with Crippen molar-refractivity contribution in [2.45, 2.75) is 25.7 Å². The van der Waals surface area contributed by atoms with Crippen LogP contribution in [0.3, 0.4) is 0 Å². The molecule has 0 saturated carbocycles. The summed E-state index contributed by atoms with van der Waals surface area (Å²) in [5, 5.41) is 2.85. The third-order valence-electron chi connectivity index (χ3n) is 5.20. The molecule has 1 aromatic heterocycles. The van der Waals surface area contributed by atoms with Gasteiger partial charge in [0.15, 0.2) is 0 Å². The van der Waals surface area contributed by atoms with Gasteiger partial charge in [-0.05, 0) is 50.6 Å². The Morgan fingerprint density at radius 2 is 1.79 bits per heavy atom. The average Bonchev–Trinajstić information content (AvgIpc) is 3.12. The van der Waals surface area contributed by atoms with Crippen LogP contribution in [0.15, 0.2) is 41.3 Å². The number of sulfonamides is 1. The van der Waals surface area contributed by atoms with Crippen molar-refractivity contribution in [3.63, 3.8) is 0 Å². The van der Waals surface area contributed by atoms with Gasteiger partial charge < -0.3 is 10.1 Å². The van der Waals surface area contributed by atoms with Gasteiger partial charge in [0.25, 0.3) is 0 Å². The summed E-state index contributed by atoms with van der Waals surface area (Å²) in [6, 6.07) is 8.84. The molecule has 1 N–H and O–H groups in total. The molecule has 1 fully saturated rings. The van der Waals surface area contributed by atoms with Gasteiger partial charge in [-0.2, -0.15) is 4.31 Å². The second kappa shape index (κ2) is 11.1. The number of nitrogens with zero attached hydrogens (tertiary/aromatic N) is 2. The maximum absolute atomic E-state index is 12.9. The Bertz CT molecular complexity index is 1120. The van der Waals surface area contributed by atoms with Crippen molar-refractivity contribution in [2.24, 2.45) is 0 Å². The molecule has 0 unspecified atom stereocenters. The van der Waals surface area contributed by atoms with Crippen molar-refractivity contribution >= 4 is 45.0 Å². The molecule has 0 bridgehead atoms. The van der Waals surface area contributed by atoms with E-state index >= 15 is 0 Å². The van der Waals surface area contributed by atoms with E-state index in [9.17, 15) is 18.0 Å². The lowest BCUT2D eigenvalue weighted by atomic mass is 10.2. The number of thiophene rings is 1. The van der Waals surface area contributed by atoms with Crippen LogP contribution in [0.25, 0.3) is 6.08 Å². The number of piperazine rings is 1. The lowest BCUT2D eigenvalue weighted by Crippen LogP contribution is -2.50. The third-order valence-corrected chi connectivity index (χ3v) is 8.32. The maximum Gasteiger partial charge on any atom is 0.330 e. The number of carbonyl (C=O) groups excluding carboxylic acids is 2. The Hall–Kier alpha value is -2.53. The molecule has 0 aliphatic carbocycles. The van der Waals surface area contributed by atoms with E-state index in [0.29, 0.717) is 43.4 Å². The smallest absolute Gasteiger partial charge is 0.330 e. The van der Waals surface area contributed by atoms with E-state index in [1.165, 1.54) is 21.7 Å². The number of anilines is 1. The van der Waals surface area contributed by atoms with Crippen LogP contribution in [0, 0.1) is 13.8 Å². The SMILES string of the molecule is CCOC(=O)/C=C/c1ccc(NC(=O)CN2CCN(S(=O)(=O)c3cc(C)sc3C)CC2)cc1. The normalized spacial score (nSPS) is 15.6. The molecule has 1 saturated heterocycles. The van der Waals surface area contributed by atoms with E-state index in [1.807, 2.05) is 18.7 Å². The van der Waals surface area contributed by atoms with Gasteiger partial charge in [-0.15, -0.1) is 11.3 Å². The minimum atomic E-state index is -3.51. The molecule has 3 rings (SSSR count). The van der Waals surface area contributed by atoms with Gasteiger partial charge >= 0.3 is 5.97 Å². The van der Waals surface area contributed by atoms with Crippen molar-refractivity contribution in [1.82, 2.24) is 9.21 Å². The van der Waals surface area contributed by atoms with Crippen LogP contribution in [0.2, 0.25) is 0 Å². The summed E-state index contributed by atoms with van der Waals surface area (Å²) in [5.41, 5.74) is 1.47. The highest BCUT2D eigenvalue weighted by Crippen LogP contribution is 2.28. The van der Waals surface area contributed by atoms with Crippen LogP contribution < -0.4 is 5.32 Å². The van der Waals surface area contributed by atoms with Gasteiger partial charge in [-0.25, -0.2) is 13.2 Å². The number of aryl methyl sites for hydroxylation is 2. The molecule has 178 valence electrons. The first kappa shape index (κ1) is 25.1. The Morgan fingerprint density at radius 1 is 1.12 bits per heavy atom. The Morgan fingerprint density at radius 3 is 2.36 bits per heavy atom. The molecule has 0 atom stereocenters. The van der Waals surface area contributed by atoms with Gasteiger partial charge in [0.05, 0.1) is 18.0 Å². The lowest BCUT2D eigenvalue weighted by molar-refractivity contribution is -0.137. The third kappa shape index (κ3) is 6.73. The summed E-state index contributed by atoms with van der Waals surface area (Å²) in [6.45, 7) is 7.69. The zero-order chi connectivity index (χ0) is 24.0. The molecule has 2 aromatic rings. The monoisotopic (exact) mass is 491 g/mol. The van der Waals surface area contributed by atoms with Gasteiger partial charge in [-0.3, -0.25) is 9.69 Å². The Labute approximate surface area is 198 Å². The van der Waals surface area contributed by atoms with E-state index < -0.39 is 16.0 Å². The molecule has 2 heterocycles. The summed E-state index contributed by atoms with van der Waals surface area (Å²) in [5.74, 6) is -0.561. The van der Waals surface area contributed by atoms with Crippen LogP contribution >= 0.6 is 11.3 Å². The van der Waals surface area contributed by atoms with Crippen LogP contribution in [0.1, 0.15) is 22.2 Å². The molecular weight excluding hydrogens is 462 g/mol. The number of ether oxygens (including phenoxy) is 1. The zero-order valence-corrected chi connectivity index (χ0v) is 20.7. The fourth-order valence-electron chi connectivity index (χ4n) is 3.57. The number of carbonyl (C=O) groups is 2. The van der Waals surface area contributed by atoms with Crippen LogP contribution in [0.4, 0.5) is 5.69 Å². The predicted octanol–water partition coefficient (Wildman–Crippen LogP) is 2.89. The molecule has 33 heavy (non-hydrogen) atoms. The Balaban J connectivity index is 1.48. The summed E-state index contributed by atoms with van der Waals surface area (Å²) in [6.07, 6.45) is 3.01. The number of amides is 1. The van der Waals surface area contributed by atoms with Crippen molar-refractivity contribution in [3.05, 3.63) is 51.7 Å². The van der Waals surface area contributed by atoms with E-state index in [1.54, 1.807) is 43.3 Å². The Kier molecular flexibility index (Phi) is 8.41. The summed E-state index contributed by atoms with van der Waals surface area (Å²) in [4.78, 5) is 27.9. The largest absolute Gasteiger partial charge is 0.463 e. The molecule has 1 aromatic carbocycles. The second-order valence-electron chi connectivity index (χ2n) is 7.71. The quantitative estimate of drug-likeness (QED) is 0.451. The number of hydrogen-bond donors (Lipinski definition) is 1. The van der Waals surface area contributed by atoms with E-state index in [4.69, 9.17) is 4.74 Å². The fraction of sp³-hybridized carbons (Fsp3) is 0.391. The average molecular weight is 492 g/mol. The summed E-state index contributed by atoms with van der Waals surface area (Å²) < 4.78 is 32.2. The summed E-state index contributed by atoms with van der Waals surface area (Å²) in [7, 11) is -3.51. The van der Waals surface area contributed by atoms with Crippen LogP contribution in [0.5, 0.6) is 0 Å². The van der Waals surface area contributed by atoms with Gasteiger partial charge in [-0.1, -0.05) is 12.1 Å². The highest BCUT2D eigenvalue weighted by atomic mass is 32.2. The number of nitrogens with one attached hydrogen (secondary N) is 1. The lowest BCUT2D eigenvalue weighted by Gasteiger charge is -2.33. The molecule has 1 aliphatic heterocycles. The fourth-order valence-corrected chi connectivity index (χ4v) is 6.51. The van der Waals surface area contributed by atoms with E-state index in [-0.39, 0.29) is 12.5 Å². The molecular formula is C23H29N3O5S2. The standard InChI is InChI=1S/C23H29N3O5S2/c1-4-31-23(28)10-7-19-5-8-20(9-6-19)24-22(27)16-25-11-13-26(14-12-25)33(29,30)21-15-17(2)32-18(21)3/h5-10,15H,4,11-14,16H2,1-3H3,(H,24,27)/b10-7+. The number of rotatable bonds is 8. The minimum absolute atomic E-state index is 0.162. The molecule has 8 nitrogen and oxygen atoms in total. The van der Waals surface area contributed by atoms with Crippen LogP contribution in [-0.2, 0) is 24.3 Å². The van der Waals surface area contributed by atoms with Gasteiger partial charge in [0, 0.05) is 47.7 Å². The number of hydrogen-bond acceptors (Lipinski definition) is 7. The molecule has 1 aliphatic rings. The van der Waals surface area contributed by atoms with Gasteiger partial charge in [0.1, 0.15) is 0 Å². The van der Waals surface area contributed by atoms with E-state index in [2.05, 4.69) is 5.32 Å². The highest BCUT2D eigenvalue weighted by molar-refractivity contribution is 7.89. The van der Waals surface area contributed by atoms with Crippen molar-refractivity contribution < 1.29 is 22.7 Å². The first-order chi connectivity index (χ1) is 15.7. The first-order valence-electron chi connectivity index (χ1n) is 10.7. The van der Waals surface area contributed by atoms with Crippen molar-refractivity contribution in [1.29, 1.82) is 0 Å². The maximum atomic E-state index is 12.9. The van der Waals surface area contributed by atoms with Gasteiger partial charge in [0.2, 0.25) is 15.9 Å². The van der Waals surface area contributed by atoms with Crippen molar-refractivity contribution in [3.8, 4) is 0 Å². The predicted molar refractivity (Wildman–Crippen MR) is 130 cm³/mol.